The van der Waals surface area contributed by atoms with Crippen LogP contribution in [0.15, 0.2) is 66.7 Å². The number of benzene rings is 3. The van der Waals surface area contributed by atoms with Crippen LogP contribution in [0.2, 0.25) is 0 Å². The average molecular weight is 474 g/mol. The van der Waals surface area contributed by atoms with Crippen LogP contribution in [-0.4, -0.2) is 38.5 Å². The van der Waals surface area contributed by atoms with E-state index in [1.807, 2.05) is 25.1 Å². The van der Waals surface area contributed by atoms with Gasteiger partial charge >= 0.3 is 0 Å². The molecule has 0 aliphatic carbocycles. The van der Waals surface area contributed by atoms with Gasteiger partial charge in [-0.1, -0.05) is 24.3 Å². The molecule has 1 heterocycles. The lowest BCUT2D eigenvalue weighted by Gasteiger charge is -2.20. The third-order valence-electron chi connectivity index (χ3n) is 5.88. The molecule has 35 heavy (non-hydrogen) atoms. The summed E-state index contributed by atoms with van der Waals surface area (Å²) < 4.78 is 10.6. The number of anilines is 3. The first-order valence-corrected chi connectivity index (χ1v) is 11.2. The van der Waals surface area contributed by atoms with Gasteiger partial charge in [-0.3, -0.25) is 14.4 Å². The molecule has 0 bridgehead atoms. The smallest absolute Gasteiger partial charge is 0.257 e. The number of nitrogens with zero attached hydrogens (tertiary/aromatic N) is 1. The van der Waals surface area contributed by atoms with E-state index in [4.69, 9.17) is 9.47 Å². The number of aryl methyl sites for hydroxylation is 1. The van der Waals surface area contributed by atoms with E-state index < -0.39 is 5.92 Å². The van der Waals surface area contributed by atoms with E-state index in [9.17, 15) is 14.4 Å². The largest absolute Gasteiger partial charge is 0.497 e. The predicted octanol–water partition coefficient (Wildman–Crippen LogP) is 4.26. The number of nitrogens with one attached hydrogen (secondary N) is 2. The number of rotatable bonds is 7. The lowest BCUT2D eigenvalue weighted by Crippen LogP contribution is -2.29. The topological polar surface area (TPSA) is 97.0 Å². The van der Waals surface area contributed by atoms with Gasteiger partial charge in [0.05, 0.1) is 37.1 Å². The van der Waals surface area contributed by atoms with Gasteiger partial charge in [0, 0.05) is 24.7 Å². The Hall–Kier alpha value is -4.33. The molecule has 8 heteroatoms. The SMILES string of the molecule is COc1cccc(NC(=O)c2ccccc2NC(=O)C2CC(=O)N(c3cc(C)ccc3OC)C2)c1. The van der Waals surface area contributed by atoms with Crippen molar-refractivity contribution in [2.45, 2.75) is 13.3 Å². The minimum atomic E-state index is -0.567. The predicted molar refractivity (Wildman–Crippen MR) is 134 cm³/mol. The number of hydrogen-bond donors (Lipinski definition) is 2. The van der Waals surface area contributed by atoms with E-state index in [-0.39, 0.29) is 30.7 Å². The van der Waals surface area contributed by atoms with Crippen molar-refractivity contribution in [3.63, 3.8) is 0 Å². The molecule has 0 spiro atoms. The summed E-state index contributed by atoms with van der Waals surface area (Å²) in [5.74, 6) is -0.230. The Morgan fingerprint density at radius 3 is 2.51 bits per heavy atom. The molecule has 4 rings (SSSR count). The van der Waals surface area contributed by atoms with Crippen LogP contribution in [0.3, 0.4) is 0 Å². The maximum absolute atomic E-state index is 13.1. The van der Waals surface area contributed by atoms with Gasteiger partial charge in [-0.25, -0.2) is 0 Å². The molecule has 8 nitrogen and oxygen atoms in total. The third kappa shape index (κ3) is 5.27. The second kappa shape index (κ2) is 10.3. The van der Waals surface area contributed by atoms with Crippen molar-refractivity contribution < 1.29 is 23.9 Å². The number of carbonyl (C=O) groups excluding carboxylic acids is 3. The quantitative estimate of drug-likeness (QED) is 0.535. The molecule has 3 amide bonds. The first kappa shape index (κ1) is 23.8. The molecule has 2 N–H and O–H groups in total. The fourth-order valence-electron chi connectivity index (χ4n) is 4.05. The zero-order valence-corrected chi connectivity index (χ0v) is 19.8. The zero-order chi connectivity index (χ0) is 24.9. The maximum Gasteiger partial charge on any atom is 0.257 e. The lowest BCUT2D eigenvalue weighted by atomic mass is 10.1. The Morgan fingerprint density at radius 2 is 1.74 bits per heavy atom. The van der Waals surface area contributed by atoms with Crippen molar-refractivity contribution in [3.8, 4) is 11.5 Å². The summed E-state index contributed by atoms with van der Waals surface area (Å²) in [6.07, 6.45) is 0.0705. The van der Waals surface area contributed by atoms with E-state index >= 15 is 0 Å². The molecule has 1 atom stereocenters. The van der Waals surface area contributed by atoms with E-state index in [1.54, 1.807) is 67.7 Å². The van der Waals surface area contributed by atoms with Gasteiger partial charge in [0.2, 0.25) is 11.8 Å². The van der Waals surface area contributed by atoms with Crippen LogP contribution in [0.4, 0.5) is 17.1 Å². The van der Waals surface area contributed by atoms with Crippen LogP contribution in [0, 0.1) is 12.8 Å². The second-order valence-corrected chi connectivity index (χ2v) is 8.30. The molecule has 1 aliphatic rings. The molecule has 1 saturated heterocycles. The van der Waals surface area contributed by atoms with E-state index in [2.05, 4.69) is 10.6 Å². The van der Waals surface area contributed by atoms with Crippen molar-refractivity contribution in [2.24, 2.45) is 5.92 Å². The van der Waals surface area contributed by atoms with Crippen LogP contribution in [-0.2, 0) is 9.59 Å². The van der Waals surface area contributed by atoms with E-state index in [0.717, 1.165) is 5.56 Å². The van der Waals surface area contributed by atoms with Crippen LogP contribution < -0.4 is 25.0 Å². The molecule has 3 aromatic rings. The Morgan fingerprint density at radius 1 is 0.943 bits per heavy atom. The molecule has 0 radical (unpaired) electrons. The summed E-state index contributed by atoms with van der Waals surface area (Å²) in [5.41, 5.74) is 2.88. The number of amides is 3. The van der Waals surface area contributed by atoms with E-state index in [1.165, 1.54) is 0 Å². The van der Waals surface area contributed by atoms with Crippen LogP contribution in [0.1, 0.15) is 22.3 Å². The van der Waals surface area contributed by atoms with E-state index in [0.29, 0.717) is 34.1 Å². The highest BCUT2D eigenvalue weighted by atomic mass is 16.5. The molecular weight excluding hydrogens is 446 g/mol. The summed E-state index contributed by atoms with van der Waals surface area (Å²) >= 11 is 0. The molecule has 1 aliphatic heterocycles. The van der Waals surface area contributed by atoms with Crippen molar-refractivity contribution in [1.82, 2.24) is 0 Å². The highest BCUT2D eigenvalue weighted by molar-refractivity contribution is 6.11. The van der Waals surface area contributed by atoms with Crippen LogP contribution in [0.25, 0.3) is 0 Å². The monoisotopic (exact) mass is 473 g/mol. The third-order valence-corrected chi connectivity index (χ3v) is 5.88. The van der Waals surface area contributed by atoms with Crippen molar-refractivity contribution in [3.05, 3.63) is 77.9 Å². The fourth-order valence-corrected chi connectivity index (χ4v) is 4.05. The molecular formula is C27H27N3O5. The standard InChI is InChI=1S/C27H27N3O5/c1-17-11-12-24(35-3)23(13-17)30-16-18(14-25(30)31)26(32)29-22-10-5-4-9-21(22)27(33)28-19-7-6-8-20(15-19)34-2/h4-13,15,18H,14,16H2,1-3H3,(H,28,33)(H,29,32). The maximum atomic E-state index is 13.1. The molecule has 1 unspecified atom stereocenters. The minimum absolute atomic E-state index is 0.0705. The molecule has 0 aromatic heterocycles. The number of hydrogen-bond acceptors (Lipinski definition) is 5. The number of carbonyl (C=O) groups is 3. The summed E-state index contributed by atoms with van der Waals surface area (Å²) in [6.45, 7) is 2.16. The Labute approximate surface area is 203 Å². The Kier molecular flexibility index (Phi) is 7.01. The zero-order valence-electron chi connectivity index (χ0n) is 19.8. The van der Waals surface area contributed by atoms with Gasteiger partial charge in [-0.15, -0.1) is 0 Å². The first-order valence-electron chi connectivity index (χ1n) is 11.2. The van der Waals surface area contributed by atoms with Gasteiger partial charge < -0.3 is 25.0 Å². The summed E-state index contributed by atoms with van der Waals surface area (Å²) in [5, 5.41) is 5.66. The van der Waals surface area contributed by atoms with Gasteiger partial charge in [0.15, 0.2) is 0 Å². The summed E-state index contributed by atoms with van der Waals surface area (Å²) in [6, 6.07) is 19.3. The number of para-hydroxylation sites is 1. The molecule has 180 valence electrons. The normalized spacial score (nSPS) is 15.0. The summed E-state index contributed by atoms with van der Waals surface area (Å²) in [7, 11) is 3.10. The van der Waals surface area contributed by atoms with Crippen molar-refractivity contribution >= 4 is 34.8 Å². The molecule has 3 aromatic carbocycles. The van der Waals surface area contributed by atoms with Gasteiger partial charge in [0.25, 0.3) is 5.91 Å². The Balaban J connectivity index is 1.49. The minimum Gasteiger partial charge on any atom is -0.497 e. The number of ether oxygens (including phenoxy) is 2. The summed E-state index contributed by atoms with van der Waals surface area (Å²) in [4.78, 5) is 40.4. The average Bonchev–Trinajstić information content (AvgIpc) is 3.26. The van der Waals surface area contributed by atoms with Crippen molar-refractivity contribution in [1.29, 1.82) is 0 Å². The van der Waals surface area contributed by atoms with Gasteiger partial charge in [0.1, 0.15) is 11.5 Å². The molecule has 0 saturated carbocycles. The lowest BCUT2D eigenvalue weighted by molar-refractivity contribution is -0.122. The highest BCUT2D eigenvalue weighted by Crippen LogP contribution is 2.34. The Bertz CT molecular complexity index is 1270. The van der Waals surface area contributed by atoms with Crippen LogP contribution in [0.5, 0.6) is 11.5 Å². The fraction of sp³-hybridized carbons (Fsp3) is 0.222. The molecule has 1 fully saturated rings. The number of methoxy groups -OCH3 is 2. The second-order valence-electron chi connectivity index (χ2n) is 8.30. The van der Waals surface area contributed by atoms with Crippen molar-refractivity contribution in [2.75, 3.05) is 36.3 Å². The highest BCUT2D eigenvalue weighted by Gasteiger charge is 2.36. The van der Waals surface area contributed by atoms with Crippen LogP contribution >= 0.6 is 0 Å². The first-order chi connectivity index (χ1) is 16.9. The van der Waals surface area contributed by atoms with Gasteiger partial charge in [-0.2, -0.15) is 0 Å². The van der Waals surface area contributed by atoms with Gasteiger partial charge in [-0.05, 0) is 48.9 Å².